The molecule has 0 aliphatic carbocycles. The fourth-order valence-electron chi connectivity index (χ4n) is 5.82. The van der Waals surface area contributed by atoms with Gasteiger partial charge in [-0.1, -0.05) is 114 Å². The molecule has 0 aliphatic rings. The van der Waals surface area contributed by atoms with Crippen LogP contribution in [-0.4, -0.2) is 46.3 Å². The fraction of sp³-hybridized carbons (Fsp3) is 0.628. The third-order valence-electron chi connectivity index (χ3n) is 8.72. The number of carbonyl (C=O) groups is 2. The zero-order chi connectivity index (χ0) is 35.6. The predicted octanol–water partition coefficient (Wildman–Crippen LogP) is 8.93. The molecular weight excluding hydrogens is 619 g/mol. The fourth-order valence-corrected chi connectivity index (χ4v) is 5.82. The maximum absolute atomic E-state index is 12.4. The Balaban J connectivity index is 1.38. The summed E-state index contributed by atoms with van der Waals surface area (Å²) in [6, 6.07) is 11.8. The Morgan fingerprint density at radius 3 is 1.48 bits per heavy atom. The minimum Gasteiger partial charge on any atom is -0.354 e. The van der Waals surface area contributed by atoms with E-state index < -0.39 is 0 Å². The Labute approximate surface area is 304 Å². The van der Waals surface area contributed by atoms with Gasteiger partial charge in [0, 0.05) is 64.3 Å². The van der Waals surface area contributed by atoms with Crippen molar-refractivity contribution in [3.63, 3.8) is 0 Å². The maximum Gasteiger partial charge on any atom is 0.220 e. The van der Waals surface area contributed by atoms with E-state index >= 15 is 0 Å². The van der Waals surface area contributed by atoms with E-state index in [9.17, 15) is 9.59 Å². The van der Waals surface area contributed by atoms with Crippen molar-refractivity contribution < 1.29 is 9.59 Å². The van der Waals surface area contributed by atoms with Gasteiger partial charge in [0.1, 0.15) is 0 Å². The van der Waals surface area contributed by atoms with Crippen LogP contribution in [0.15, 0.2) is 48.8 Å². The first-order valence-corrected chi connectivity index (χ1v) is 19.7. The average Bonchev–Trinajstić information content (AvgIpc) is 3.13. The van der Waals surface area contributed by atoms with Crippen molar-refractivity contribution in [2.75, 3.05) is 19.6 Å². The second kappa shape index (κ2) is 31.3. The van der Waals surface area contributed by atoms with E-state index in [4.69, 9.17) is 0 Å². The molecule has 2 aromatic heterocycles. The number of rotatable bonds is 29. The summed E-state index contributed by atoms with van der Waals surface area (Å²) < 4.78 is 0. The van der Waals surface area contributed by atoms with Crippen LogP contribution in [0, 0.1) is 23.7 Å². The van der Waals surface area contributed by atoms with Crippen LogP contribution in [0.5, 0.6) is 0 Å². The highest BCUT2D eigenvalue weighted by molar-refractivity contribution is 5.77. The molecule has 0 aromatic carbocycles. The molecule has 0 fully saturated rings. The quantitative estimate of drug-likeness (QED) is 0.0661. The summed E-state index contributed by atoms with van der Waals surface area (Å²) >= 11 is 0. The lowest BCUT2D eigenvalue weighted by Gasteiger charge is -2.21. The Morgan fingerprint density at radius 1 is 0.580 bits per heavy atom. The van der Waals surface area contributed by atoms with Gasteiger partial charge in [-0.15, -0.1) is 0 Å². The summed E-state index contributed by atoms with van der Waals surface area (Å²) in [5, 5.41) is 5.86. The third kappa shape index (κ3) is 25.3. The molecule has 2 N–H and O–H groups in total. The lowest BCUT2D eigenvalue weighted by molar-refractivity contribution is -0.123. The van der Waals surface area contributed by atoms with Crippen LogP contribution >= 0.6 is 0 Å². The lowest BCUT2D eigenvalue weighted by atomic mass is 10.1. The Bertz CT molecular complexity index is 1200. The van der Waals surface area contributed by atoms with E-state index in [-0.39, 0.29) is 11.8 Å². The summed E-state index contributed by atoms with van der Waals surface area (Å²) in [7, 11) is 0. The smallest absolute Gasteiger partial charge is 0.220 e. The molecular formula is C43H65N5O2. The normalized spacial score (nSPS) is 10.6. The zero-order valence-electron chi connectivity index (χ0n) is 31.2. The van der Waals surface area contributed by atoms with Gasteiger partial charge >= 0.3 is 0 Å². The Hall–Kier alpha value is -3.68. The van der Waals surface area contributed by atoms with Gasteiger partial charge in [-0.25, -0.2) is 0 Å². The second-order valence-corrected chi connectivity index (χ2v) is 13.3. The monoisotopic (exact) mass is 684 g/mol. The van der Waals surface area contributed by atoms with Crippen molar-refractivity contribution in [1.82, 2.24) is 25.5 Å². The molecule has 0 atom stereocenters. The predicted molar refractivity (Wildman–Crippen MR) is 207 cm³/mol. The number of unbranched alkanes of at least 4 members (excludes halogenated alkanes) is 16. The second-order valence-electron chi connectivity index (χ2n) is 13.3. The molecule has 7 heteroatoms. The highest BCUT2D eigenvalue weighted by Gasteiger charge is 2.10. The van der Waals surface area contributed by atoms with Gasteiger partial charge in [0.25, 0.3) is 0 Å². The van der Waals surface area contributed by atoms with Gasteiger partial charge < -0.3 is 10.6 Å². The van der Waals surface area contributed by atoms with Crippen LogP contribution < -0.4 is 10.6 Å². The number of pyridine rings is 2. The first-order valence-electron chi connectivity index (χ1n) is 19.7. The number of nitrogens with zero attached hydrogens (tertiary/aromatic N) is 3. The maximum atomic E-state index is 12.4. The van der Waals surface area contributed by atoms with Crippen LogP contribution in [0.4, 0.5) is 0 Å². The third-order valence-corrected chi connectivity index (χ3v) is 8.72. The van der Waals surface area contributed by atoms with E-state index in [1.54, 1.807) is 12.4 Å². The topological polar surface area (TPSA) is 87.2 Å². The molecule has 0 unspecified atom stereocenters. The van der Waals surface area contributed by atoms with Crippen molar-refractivity contribution in [1.29, 1.82) is 0 Å². The summed E-state index contributed by atoms with van der Waals surface area (Å²) in [6.07, 6.45) is 27.4. The van der Waals surface area contributed by atoms with Gasteiger partial charge in [-0.3, -0.25) is 24.5 Å². The van der Waals surface area contributed by atoms with Crippen LogP contribution in [-0.2, 0) is 22.7 Å². The molecule has 0 saturated carbocycles. The highest BCUT2D eigenvalue weighted by Crippen LogP contribution is 2.12. The summed E-state index contributed by atoms with van der Waals surface area (Å²) in [6.45, 7) is 5.35. The largest absolute Gasteiger partial charge is 0.354 e. The minimum absolute atomic E-state index is 0.00775. The first kappa shape index (κ1) is 42.5. The molecule has 2 aromatic rings. The molecule has 0 spiro atoms. The van der Waals surface area contributed by atoms with Crippen LogP contribution in [0.25, 0.3) is 0 Å². The zero-order valence-corrected chi connectivity index (χ0v) is 31.2. The van der Waals surface area contributed by atoms with E-state index in [2.05, 4.69) is 56.1 Å². The molecule has 0 bridgehead atoms. The van der Waals surface area contributed by atoms with Gasteiger partial charge in [-0.05, 0) is 68.3 Å². The molecule has 0 radical (unpaired) electrons. The van der Waals surface area contributed by atoms with Gasteiger partial charge in [-0.2, -0.15) is 0 Å². The summed E-state index contributed by atoms with van der Waals surface area (Å²) in [4.78, 5) is 35.7. The molecule has 274 valence electrons. The Kier molecular flexibility index (Phi) is 26.6. The molecule has 2 amide bonds. The SMILES string of the molecule is CCCCCCCCCCCCC#CC#CCCCCCCCCC(=O)NCCNC(=O)CCCN(Cc1ccccn1)Cc1ccccn1. The molecule has 0 aliphatic heterocycles. The summed E-state index contributed by atoms with van der Waals surface area (Å²) in [5.74, 6) is 12.5. The molecule has 2 rings (SSSR count). The minimum atomic E-state index is 0.00775. The van der Waals surface area contributed by atoms with Gasteiger partial charge in [0.15, 0.2) is 0 Å². The van der Waals surface area contributed by atoms with Crippen molar-refractivity contribution in [2.45, 2.75) is 155 Å². The average molecular weight is 684 g/mol. The number of hydrogen-bond donors (Lipinski definition) is 2. The van der Waals surface area contributed by atoms with Crippen LogP contribution in [0.1, 0.15) is 153 Å². The van der Waals surface area contributed by atoms with Crippen molar-refractivity contribution in [3.8, 4) is 23.7 Å². The molecule has 2 heterocycles. The van der Waals surface area contributed by atoms with Crippen LogP contribution in [0.3, 0.4) is 0 Å². The summed E-state index contributed by atoms with van der Waals surface area (Å²) in [5.41, 5.74) is 1.99. The first-order chi connectivity index (χ1) is 24.7. The van der Waals surface area contributed by atoms with Crippen molar-refractivity contribution in [2.24, 2.45) is 0 Å². The molecule has 7 nitrogen and oxygen atoms in total. The van der Waals surface area contributed by atoms with E-state index in [0.29, 0.717) is 39.0 Å². The molecule has 0 saturated heterocycles. The van der Waals surface area contributed by atoms with E-state index in [0.717, 1.165) is 62.9 Å². The number of amides is 2. The molecule has 50 heavy (non-hydrogen) atoms. The number of aromatic nitrogens is 2. The van der Waals surface area contributed by atoms with Crippen molar-refractivity contribution >= 4 is 11.8 Å². The number of carbonyl (C=O) groups excluding carboxylic acids is 2. The highest BCUT2D eigenvalue weighted by atomic mass is 16.2. The lowest BCUT2D eigenvalue weighted by Crippen LogP contribution is -2.35. The van der Waals surface area contributed by atoms with Crippen LogP contribution in [0.2, 0.25) is 0 Å². The number of hydrogen-bond acceptors (Lipinski definition) is 5. The standard InChI is InChI=1S/C43H65N5O2/c1-2-3-4-5-6-7-8-9-10-11-12-13-14-15-16-17-18-19-20-21-22-23-31-42(49)46-35-36-47-43(50)32-28-37-48(38-40-29-24-26-33-44-40)39-41-30-25-27-34-45-41/h24-27,29-30,33-34H,2-12,17-23,28,31-32,35-39H2,1H3,(H,46,49)(H,47,50). The van der Waals surface area contributed by atoms with Gasteiger partial charge in [0.2, 0.25) is 11.8 Å². The van der Waals surface area contributed by atoms with Gasteiger partial charge in [0.05, 0.1) is 11.4 Å². The Morgan fingerprint density at radius 2 is 1.02 bits per heavy atom. The number of nitrogens with one attached hydrogen (secondary N) is 2. The van der Waals surface area contributed by atoms with E-state index in [1.807, 2.05) is 36.4 Å². The van der Waals surface area contributed by atoms with Crippen molar-refractivity contribution in [3.05, 3.63) is 60.2 Å². The van der Waals surface area contributed by atoms with E-state index in [1.165, 1.54) is 77.0 Å².